The molecule has 0 saturated carbocycles. The van der Waals surface area contributed by atoms with Gasteiger partial charge < -0.3 is 8.83 Å². The van der Waals surface area contributed by atoms with E-state index in [1.807, 2.05) is 84.9 Å². The Labute approximate surface area is 330 Å². The van der Waals surface area contributed by atoms with Gasteiger partial charge in [-0.25, -0.2) is 15.0 Å². The molecule has 0 N–H and O–H groups in total. The van der Waals surface area contributed by atoms with E-state index in [1.165, 1.54) is 10.1 Å². The number of hydrogen-bond donors (Lipinski definition) is 0. The number of nitrogens with zero attached hydrogens (tertiary/aromatic N) is 3. The summed E-state index contributed by atoms with van der Waals surface area (Å²) in [5.41, 5.74) is 10.8. The fourth-order valence-corrected chi connectivity index (χ4v) is 9.51. The highest BCUT2D eigenvalue weighted by atomic mass is 32.1. The number of thiophene rings is 1. The third kappa shape index (κ3) is 5.12. The predicted octanol–water partition coefficient (Wildman–Crippen LogP) is 14.4. The Morgan fingerprint density at radius 3 is 1.61 bits per heavy atom. The van der Waals surface area contributed by atoms with E-state index in [0.717, 1.165) is 92.9 Å². The second-order valence-electron chi connectivity index (χ2n) is 14.3. The number of benzene rings is 8. The van der Waals surface area contributed by atoms with Crippen molar-refractivity contribution in [2.75, 3.05) is 0 Å². The molecule has 8 aromatic carbocycles. The van der Waals surface area contributed by atoms with Crippen LogP contribution in [0.25, 0.3) is 120 Å². The van der Waals surface area contributed by atoms with E-state index in [2.05, 4.69) is 91.0 Å². The SMILES string of the molecule is c1ccc(-c2nc(-c3ccccc3)nc(-c3cccc4c3sc3ccc(-c5cc(-c6cccc7oc8ccccc8c67)c6c(c5)oc5ccccc56)cc34)n2)cc1. The van der Waals surface area contributed by atoms with E-state index >= 15 is 0 Å². The number of hydrogen-bond acceptors (Lipinski definition) is 6. The van der Waals surface area contributed by atoms with Crippen LogP contribution in [0.5, 0.6) is 0 Å². The highest BCUT2D eigenvalue weighted by Crippen LogP contribution is 2.46. The Morgan fingerprint density at radius 2 is 0.895 bits per heavy atom. The molecular weight excluding hydrogens is 719 g/mol. The van der Waals surface area contributed by atoms with E-state index in [-0.39, 0.29) is 0 Å². The Morgan fingerprint density at radius 1 is 0.333 bits per heavy atom. The van der Waals surface area contributed by atoms with Gasteiger partial charge in [0.15, 0.2) is 17.5 Å². The summed E-state index contributed by atoms with van der Waals surface area (Å²) in [5, 5.41) is 6.74. The van der Waals surface area contributed by atoms with Gasteiger partial charge in [0, 0.05) is 58.4 Å². The Balaban J connectivity index is 1.06. The molecule has 0 radical (unpaired) electrons. The molecule has 0 unspecified atom stereocenters. The lowest BCUT2D eigenvalue weighted by Crippen LogP contribution is -2.00. The average molecular weight is 748 g/mol. The highest BCUT2D eigenvalue weighted by Gasteiger charge is 2.21. The first kappa shape index (κ1) is 31.9. The molecule has 5 nitrogen and oxygen atoms in total. The molecule has 0 bridgehead atoms. The van der Waals surface area contributed by atoms with Crippen molar-refractivity contribution in [3.8, 4) is 56.4 Å². The summed E-state index contributed by atoms with van der Waals surface area (Å²) in [6.45, 7) is 0. The minimum absolute atomic E-state index is 0.649. The number of aromatic nitrogens is 3. The molecule has 0 aliphatic carbocycles. The van der Waals surface area contributed by atoms with Crippen LogP contribution in [0.15, 0.2) is 185 Å². The van der Waals surface area contributed by atoms with Crippen LogP contribution in [0.4, 0.5) is 0 Å². The molecule has 12 rings (SSSR count). The Hall–Kier alpha value is -7.41. The lowest BCUT2D eigenvalue weighted by atomic mass is 9.91. The van der Waals surface area contributed by atoms with Crippen LogP contribution in [0.2, 0.25) is 0 Å². The lowest BCUT2D eigenvalue weighted by molar-refractivity contribution is 0.668. The molecule has 12 aromatic rings. The second-order valence-corrected chi connectivity index (χ2v) is 15.4. The van der Waals surface area contributed by atoms with Gasteiger partial charge in [-0.15, -0.1) is 11.3 Å². The molecule has 0 amide bonds. The molecular formula is C51H29N3O2S. The van der Waals surface area contributed by atoms with E-state index in [0.29, 0.717) is 17.5 Å². The van der Waals surface area contributed by atoms with Gasteiger partial charge in [0.1, 0.15) is 22.3 Å². The van der Waals surface area contributed by atoms with Crippen LogP contribution < -0.4 is 0 Å². The maximum absolute atomic E-state index is 6.61. The Bertz CT molecular complexity index is 3470. The van der Waals surface area contributed by atoms with E-state index in [1.54, 1.807) is 11.3 Å². The smallest absolute Gasteiger partial charge is 0.165 e. The maximum Gasteiger partial charge on any atom is 0.165 e. The van der Waals surface area contributed by atoms with Gasteiger partial charge in [0.2, 0.25) is 0 Å². The van der Waals surface area contributed by atoms with Gasteiger partial charge >= 0.3 is 0 Å². The normalized spacial score (nSPS) is 11.9. The second kappa shape index (κ2) is 12.6. The van der Waals surface area contributed by atoms with Crippen LogP contribution in [-0.4, -0.2) is 15.0 Å². The standard InChI is InChI=1S/C51H29N3O2S/c1-3-13-30(14-4-1)49-52-50(31-15-5-2-6-16-31)54-51(53-49)38-21-11-20-35-39-27-32(25-26-45(39)57-48(35)38)33-28-40(47-37-18-8-10-23-42(37)56-44(47)29-33)34-19-12-24-43-46(34)36-17-7-9-22-41(36)55-43/h1-29H. The molecule has 57 heavy (non-hydrogen) atoms. The zero-order valence-corrected chi connectivity index (χ0v) is 31.1. The van der Waals surface area contributed by atoms with Gasteiger partial charge in [0.25, 0.3) is 0 Å². The number of furan rings is 2. The fraction of sp³-hybridized carbons (Fsp3) is 0. The first-order chi connectivity index (χ1) is 28.2. The maximum atomic E-state index is 6.61. The molecule has 0 fully saturated rings. The zero-order valence-electron chi connectivity index (χ0n) is 30.3. The van der Waals surface area contributed by atoms with Crippen LogP contribution in [-0.2, 0) is 0 Å². The molecule has 266 valence electrons. The van der Waals surface area contributed by atoms with Crippen LogP contribution in [0, 0.1) is 0 Å². The fourth-order valence-electron chi connectivity index (χ4n) is 8.32. The summed E-state index contributed by atoms with van der Waals surface area (Å²) in [5.74, 6) is 1.95. The summed E-state index contributed by atoms with van der Waals surface area (Å²) < 4.78 is 15.3. The monoisotopic (exact) mass is 747 g/mol. The molecule has 0 aliphatic rings. The van der Waals surface area contributed by atoms with Crippen molar-refractivity contribution in [3.63, 3.8) is 0 Å². The van der Waals surface area contributed by atoms with E-state index in [4.69, 9.17) is 23.8 Å². The summed E-state index contributed by atoms with van der Waals surface area (Å²) in [7, 11) is 0. The summed E-state index contributed by atoms with van der Waals surface area (Å²) >= 11 is 1.77. The third-order valence-electron chi connectivity index (χ3n) is 10.9. The van der Waals surface area contributed by atoms with Crippen LogP contribution in [0.3, 0.4) is 0 Å². The number of rotatable bonds is 5. The average Bonchev–Trinajstić information content (AvgIpc) is 3.97. The van der Waals surface area contributed by atoms with Gasteiger partial charge in [-0.05, 0) is 70.8 Å². The van der Waals surface area contributed by atoms with Gasteiger partial charge in [-0.2, -0.15) is 0 Å². The first-order valence-electron chi connectivity index (χ1n) is 18.9. The summed E-state index contributed by atoms with van der Waals surface area (Å²) in [6.07, 6.45) is 0. The van der Waals surface area contributed by atoms with E-state index < -0.39 is 0 Å². The van der Waals surface area contributed by atoms with Crippen molar-refractivity contribution in [2.24, 2.45) is 0 Å². The molecule has 0 saturated heterocycles. The topological polar surface area (TPSA) is 65.0 Å². The number of para-hydroxylation sites is 2. The lowest BCUT2D eigenvalue weighted by Gasteiger charge is -2.10. The minimum atomic E-state index is 0.649. The molecule has 6 heteroatoms. The molecule has 0 atom stereocenters. The largest absolute Gasteiger partial charge is 0.456 e. The predicted molar refractivity (Wildman–Crippen MR) is 234 cm³/mol. The molecule has 4 aromatic heterocycles. The minimum Gasteiger partial charge on any atom is -0.456 e. The van der Waals surface area contributed by atoms with Gasteiger partial charge in [-0.1, -0.05) is 127 Å². The highest BCUT2D eigenvalue weighted by molar-refractivity contribution is 7.26. The number of fused-ring (bicyclic) bond motifs is 9. The van der Waals surface area contributed by atoms with Crippen LogP contribution >= 0.6 is 11.3 Å². The molecule has 4 heterocycles. The van der Waals surface area contributed by atoms with Crippen molar-refractivity contribution in [2.45, 2.75) is 0 Å². The van der Waals surface area contributed by atoms with Gasteiger partial charge in [0.05, 0.1) is 0 Å². The summed E-state index contributed by atoms with van der Waals surface area (Å²) in [6, 6.07) is 60.9. The van der Waals surface area contributed by atoms with Crippen molar-refractivity contribution in [1.29, 1.82) is 0 Å². The quantitative estimate of drug-likeness (QED) is 0.175. The zero-order chi connectivity index (χ0) is 37.5. The first-order valence-corrected chi connectivity index (χ1v) is 19.7. The summed E-state index contributed by atoms with van der Waals surface area (Å²) in [4.78, 5) is 15.1. The van der Waals surface area contributed by atoms with Gasteiger partial charge in [-0.3, -0.25) is 0 Å². The molecule has 0 spiro atoms. The van der Waals surface area contributed by atoms with Crippen molar-refractivity contribution >= 4 is 75.4 Å². The molecule has 0 aliphatic heterocycles. The van der Waals surface area contributed by atoms with Crippen molar-refractivity contribution in [3.05, 3.63) is 176 Å². The Kier molecular flexibility index (Phi) is 7.03. The van der Waals surface area contributed by atoms with Crippen molar-refractivity contribution < 1.29 is 8.83 Å². The van der Waals surface area contributed by atoms with Crippen LogP contribution in [0.1, 0.15) is 0 Å². The van der Waals surface area contributed by atoms with Crippen molar-refractivity contribution in [1.82, 2.24) is 15.0 Å². The third-order valence-corrected chi connectivity index (χ3v) is 12.2. The van der Waals surface area contributed by atoms with E-state index in [9.17, 15) is 0 Å².